The molecule has 68 heavy (non-hydrogen) atoms. The predicted octanol–water partition coefficient (Wildman–Crippen LogP) is 8.16. The Kier molecular flexibility index (Phi) is 37.4. The SMILES string of the molecule is CCCCCCCC/C=C/CCCCCCCCCC(=O)O[C@H](COC(=O)CCCCCCCCCCCCCCCCC)CO[C@H]1O[C@@H](CO[C@H]2O[C@@H](CO)[C@@H](O)C(O)C2O)[C@@H](O)C(O)C1O. The van der Waals surface area contributed by atoms with Crippen molar-refractivity contribution in [1.29, 1.82) is 0 Å². The van der Waals surface area contributed by atoms with Crippen LogP contribution in [0.5, 0.6) is 0 Å². The molecule has 0 aliphatic carbocycles. The summed E-state index contributed by atoms with van der Waals surface area (Å²) in [7, 11) is 0. The first kappa shape index (κ1) is 62.4. The summed E-state index contributed by atoms with van der Waals surface area (Å²) in [6, 6.07) is 0. The summed E-state index contributed by atoms with van der Waals surface area (Å²) < 4.78 is 33.6. The number of carbonyl (C=O) groups is 2. The van der Waals surface area contributed by atoms with Gasteiger partial charge in [0.25, 0.3) is 0 Å². The third-order valence-electron chi connectivity index (χ3n) is 13.2. The van der Waals surface area contributed by atoms with Crippen LogP contribution in [0.4, 0.5) is 0 Å². The van der Waals surface area contributed by atoms with E-state index in [1.165, 1.54) is 128 Å². The average molecular weight is 975 g/mol. The van der Waals surface area contributed by atoms with Gasteiger partial charge in [0.05, 0.1) is 19.8 Å². The molecule has 2 fully saturated rings. The Morgan fingerprint density at radius 2 is 0.838 bits per heavy atom. The van der Waals surface area contributed by atoms with Crippen molar-refractivity contribution in [2.24, 2.45) is 0 Å². The largest absolute Gasteiger partial charge is 0.462 e. The third-order valence-corrected chi connectivity index (χ3v) is 13.2. The summed E-state index contributed by atoms with van der Waals surface area (Å²) in [4.78, 5) is 25.8. The highest BCUT2D eigenvalue weighted by Crippen LogP contribution is 2.27. The second kappa shape index (κ2) is 40.8. The molecule has 15 nitrogen and oxygen atoms in total. The minimum Gasteiger partial charge on any atom is -0.462 e. The number of esters is 2. The number of hydrogen-bond donors (Lipinski definition) is 7. The molecule has 15 heteroatoms. The van der Waals surface area contributed by atoms with Gasteiger partial charge in [-0.25, -0.2) is 0 Å². The van der Waals surface area contributed by atoms with Gasteiger partial charge in [0.2, 0.25) is 0 Å². The molecule has 0 bridgehead atoms. The Morgan fingerprint density at radius 3 is 1.29 bits per heavy atom. The van der Waals surface area contributed by atoms with E-state index in [0.29, 0.717) is 12.8 Å². The first-order valence-corrected chi connectivity index (χ1v) is 27.3. The lowest BCUT2D eigenvalue weighted by Gasteiger charge is -2.42. The fourth-order valence-electron chi connectivity index (χ4n) is 8.74. The molecule has 11 atom stereocenters. The van der Waals surface area contributed by atoms with Crippen molar-refractivity contribution in [3.05, 3.63) is 12.2 Å². The number of aliphatic hydroxyl groups is 7. The molecule has 2 heterocycles. The molecule has 2 aliphatic heterocycles. The maximum Gasteiger partial charge on any atom is 0.306 e. The molecule has 4 unspecified atom stereocenters. The fourth-order valence-corrected chi connectivity index (χ4v) is 8.74. The quantitative estimate of drug-likeness (QED) is 0.0174. The highest BCUT2D eigenvalue weighted by atomic mass is 16.7. The lowest BCUT2D eigenvalue weighted by Crippen LogP contribution is -2.61. The van der Waals surface area contributed by atoms with Crippen molar-refractivity contribution in [2.75, 3.05) is 26.4 Å². The fraction of sp³-hybridized carbons (Fsp3) is 0.925. The minimum absolute atomic E-state index is 0.164. The van der Waals surface area contributed by atoms with Gasteiger partial charge in [-0.1, -0.05) is 180 Å². The zero-order chi connectivity index (χ0) is 49.6. The molecule has 0 aromatic heterocycles. The van der Waals surface area contributed by atoms with Crippen molar-refractivity contribution in [2.45, 2.75) is 287 Å². The second-order valence-electron chi connectivity index (χ2n) is 19.4. The normalized spacial score (nSPS) is 25.8. The van der Waals surface area contributed by atoms with Crippen LogP contribution in [-0.2, 0) is 38.0 Å². The summed E-state index contributed by atoms with van der Waals surface area (Å²) in [5.74, 6) is -0.918. The summed E-state index contributed by atoms with van der Waals surface area (Å²) in [6.45, 7) is 2.61. The molecular formula is C53H98O15. The van der Waals surface area contributed by atoms with E-state index in [9.17, 15) is 45.3 Å². The summed E-state index contributed by atoms with van der Waals surface area (Å²) in [5, 5.41) is 72.1. The van der Waals surface area contributed by atoms with E-state index in [2.05, 4.69) is 26.0 Å². The van der Waals surface area contributed by atoms with Crippen LogP contribution in [0.2, 0.25) is 0 Å². The number of rotatable bonds is 43. The lowest BCUT2D eigenvalue weighted by molar-refractivity contribution is -0.332. The van der Waals surface area contributed by atoms with Crippen LogP contribution in [0.25, 0.3) is 0 Å². The Hall–Kier alpha value is -1.76. The van der Waals surface area contributed by atoms with Crippen LogP contribution in [0.1, 0.15) is 219 Å². The number of aliphatic hydroxyl groups excluding tert-OH is 7. The molecule has 0 amide bonds. The van der Waals surface area contributed by atoms with Crippen LogP contribution in [-0.4, -0.2) is 142 Å². The molecule has 0 aromatic rings. The number of carbonyl (C=O) groups excluding carboxylic acids is 2. The van der Waals surface area contributed by atoms with E-state index >= 15 is 0 Å². The van der Waals surface area contributed by atoms with Crippen molar-refractivity contribution in [3.8, 4) is 0 Å². The Bertz CT molecular complexity index is 1240. The standard InChI is InChI=1S/C53H98O15/c1-3-5-7-9-11-13-15-17-19-20-22-24-26-28-30-32-34-36-45(56)66-41(38-63-44(55)35-33-31-29-27-25-23-21-18-16-14-12-10-8-6-4-2)39-64-52-51(62)49(60)47(58)43(68-52)40-65-53-50(61)48(59)46(57)42(37-54)67-53/h17,19,41-43,46-54,57-62H,3-16,18,20-40H2,1-2H3/b19-17+/t41-,42+,43+,46-,47-,48?,49?,50?,51?,52+,53+/m1/s1. The van der Waals surface area contributed by atoms with Crippen LogP contribution >= 0.6 is 0 Å². The molecule has 0 saturated carbocycles. The van der Waals surface area contributed by atoms with Gasteiger partial charge >= 0.3 is 11.9 Å². The molecule has 2 saturated heterocycles. The van der Waals surface area contributed by atoms with Crippen molar-refractivity contribution < 1.29 is 73.8 Å². The smallest absolute Gasteiger partial charge is 0.306 e. The summed E-state index contributed by atoms with van der Waals surface area (Å²) in [5.41, 5.74) is 0. The van der Waals surface area contributed by atoms with Gasteiger partial charge in [0.1, 0.15) is 55.4 Å². The Balaban J connectivity index is 1.78. The van der Waals surface area contributed by atoms with E-state index in [0.717, 1.165) is 51.4 Å². The average Bonchev–Trinajstić information content (AvgIpc) is 3.33. The van der Waals surface area contributed by atoms with Crippen LogP contribution in [0.3, 0.4) is 0 Å². The summed E-state index contributed by atoms with van der Waals surface area (Å²) in [6.07, 6.45) is 23.7. The Morgan fingerprint density at radius 1 is 0.456 bits per heavy atom. The van der Waals surface area contributed by atoms with E-state index in [-0.39, 0.29) is 26.1 Å². The van der Waals surface area contributed by atoms with Crippen LogP contribution < -0.4 is 0 Å². The number of ether oxygens (including phenoxy) is 6. The van der Waals surface area contributed by atoms with E-state index in [4.69, 9.17) is 28.4 Å². The topological polar surface area (TPSA) is 231 Å². The van der Waals surface area contributed by atoms with Crippen molar-refractivity contribution >= 4 is 11.9 Å². The van der Waals surface area contributed by atoms with Crippen LogP contribution in [0, 0.1) is 0 Å². The predicted molar refractivity (Wildman–Crippen MR) is 261 cm³/mol. The molecule has 0 radical (unpaired) electrons. The van der Waals surface area contributed by atoms with Gasteiger partial charge in [0.15, 0.2) is 18.7 Å². The molecule has 2 aliphatic rings. The Labute approximate surface area is 410 Å². The number of unbranched alkanes of at least 4 members (excludes halogenated alkanes) is 27. The van der Waals surface area contributed by atoms with Gasteiger partial charge in [-0.3, -0.25) is 9.59 Å². The van der Waals surface area contributed by atoms with Crippen LogP contribution in [0.15, 0.2) is 12.2 Å². The zero-order valence-corrected chi connectivity index (χ0v) is 42.4. The van der Waals surface area contributed by atoms with E-state index in [1.807, 2.05) is 0 Å². The molecule has 0 aromatic carbocycles. The number of allylic oxidation sites excluding steroid dienone is 2. The molecule has 400 valence electrons. The maximum absolute atomic E-state index is 13.0. The highest BCUT2D eigenvalue weighted by molar-refractivity contribution is 5.70. The van der Waals surface area contributed by atoms with Gasteiger partial charge < -0.3 is 64.2 Å². The first-order valence-electron chi connectivity index (χ1n) is 27.3. The second-order valence-corrected chi connectivity index (χ2v) is 19.4. The molecule has 7 N–H and O–H groups in total. The maximum atomic E-state index is 13.0. The van der Waals surface area contributed by atoms with Crippen molar-refractivity contribution in [3.63, 3.8) is 0 Å². The van der Waals surface area contributed by atoms with E-state index in [1.54, 1.807) is 0 Å². The van der Waals surface area contributed by atoms with Gasteiger partial charge in [0, 0.05) is 12.8 Å². The van der Waals surface area contributed by atoms with Gasteiger partial charge in [-0.15, -0.1) is 0 Å². The minimum atomic E-state index is -1.76. The van der Waals surface area contributed by atoms with Gasteiger partial charge in [-0.05, 0) is 38.5 Å². The first-order chi connectivity index (χ1) is 33.0. The van der Waals surface area contributed by atoms with Crippen molar-refractivity contribution in [1.82, 2.24) is 0 Å². The monoisotopic (exact) mass is 975 g/mol. The molecular weight excluding hydrogens is 877 g/mol. The molecule has 0 spiro atoms. The van der Waals surface area contributed by atoms with Gasteiger partial charge in [-0.2, -0.15) is 0 Å². The molecule has 2 rings (SSSR count). The zero-order valence-electron chi connectivity index (χ0n) is 42.4. The lowest BCUT2D eigenvalue weighted by atomic mass is 9.98. The third kappa shape index (κ3) is 28.3. The van der Waals surface area contributed by atoms with E-state index < -0.39 is 92.7 Å². The summed E-state index contributed by atoms with van der Waals surface area (Å²) >= 11 is 0. The number of hydrogen-bond acceptors (Lipinski definition) is 15. The highest BCUT2D eigenvalue weighted by Gasteiger charge is 2.47.